The van der Waals surface area contributed by atoms with Crippen molar-refractivity contribution >= 4 is 17.7 Å². The van der Waals surface area contributed by atoms with Gasteiger partial charge in [-0.15, -0.1) is 11.8 Å². The maximum Gasteiger partial charge on any atom is 0.235 e. The molecule has 0 aliphatic carbocycles. The summed E-state index contributed by atoms with van der Waals surface area (Å²) in [5.41, 5.74) is 2.36. The van der Waals surface area contributed by atoms with Gasteiger partial charge < -0.3 is 10.0 Å². The van der Waals surface area contributed by atoms with Crippen molar-refractivity contribution < 1.29 is 9.90 Å². The summed E-state index contributed by atoms with van der Waals surface area (Å²) >= 11 is 1.79. The SMILES string of the molecule is O=C(C1CCCS1)N1CCc2ccc(O)cc2C1. The van der Waals surface area contributed by atoms with Crippen LogP contribution in [-0.4, -0.2) is 33.5 Å². The number of carbonyl (C=O) groups is 1. The summed E-state index contributed by atoms with van der Waals surface area (Å²) in [6.45, 7) is 1.47. The van der Waals surface area contributed by atoms with E-state index in [1.807, 2.05) is 11.0 Å². The van der Waals surface area contributed by atoms with Gasteiger partial charge in [0, 0.05) is 13.1 Å². The van der Waals surface area contributed by atoms with Gasteiger partial charge in [0.05, 0.1) is 5.25 Å². The van der Waals surface area contributed by atoms with Crippen LogP contribution in [0.25, 0.3) is 0 Å². The molecule has 3 rings (SSSR count). The monoisotopic (exact) mass is 263 g/mol. The average molecular weight is 263 g/mol. The minimum Gasteiger partial charge on any atom is -0.508 e. The highest BCUT2D eigenvalue weighted by atomic mass is 32.2. The number of thioether (sulfide) groups is 1. The van der Waals surface area contributed by atoms with E-state index >= 15 is 0 Å². The predicted molar refractivity (Wildman–Crippen MR) is 72.7 cm³/mol. The molecule has 1 atom stereocenters. The molecule has 0 radical (unpaired) electrons. The standard InChI is InChI=1S/C14H17NO2S/c16-12-4-3-10-5-6-15(9-11(10)8-12)14(17)13-2-1-7-18-13/h3-4,8,13,16H,1-2,5-7,9H2. The van der Waals surface area contributed by atoms with Gasteiger partial charge in [-0.2, -0.15) is 0 Å². The van der Waals surface area contributed by atoms with Crippen LogP contribution in [0.2, 0.25) is 0 Å². The Morgan fingerprint density at radius 2 is 2.28 bits per heavy atom. The van der Waals surface area contributed by atoms with Crippen molar-refractivity contribution in [3.63, 3.8) is 0 Å². The van der Waals surface area contributed by atoms with Gasteiger partial charge in [0.15, 0.2) is 0 Å². The van der Waals surface area contributed by atoms with E-state index in [0.717, 1.165) is 37.1 Å². The molecule has 2 aliphatic heterocycles. The minimum atomic E-state index is 0.170. The predicted octanol–water partition coefficient (Wildman–Crippen LogP) is 2.17. The number of benzene rings is 1. The number of carbonyl (C=O) groups excluding carboxylic acids is 1. The molecule has 1 saturated heterocycles. The molecule has 1 unspecified atom stereocenters. The number of hydrogen-bond donors (Lipinski definition) is 1. The first-order valence-corrected chi connectivity index (χ1v) is 7.50. The number of aromatic hydroxyl groups is 1. The normalized spacial score (nSPS) is 22.9. The Balaban J connectivity index is 1.75. The molecule has 0 aromatic heterocycles. The molecular weight excluding hydrogens is 246 g/mol. The third kappa shape index (κ3) is 2.21. The zero-order chi connectivity index (χ0) is 12.5. The molecule has 0 saturated carbocycles. The van der Waals surface area contributed by atoms with Gasteiger partial charge in [0.2, 0.25) is 5.91 Å². The number of phenols is 1. The van der Waals surface area contributed by atoms with Gasteiger partial charge in [-0.25, -0.2) is 0 Å². The number of phenolic OH excluding ortho intramolecular Hbond substituents is 1. The highest BCUT2D eigenvalue weighted by Crippen LogP contribution is 2.30. The van der Waals surface area contributed by atoms with E-state index in [1.54, 1.807) is 23.9 Å². The molecule has 1 amide bonds. The first kappa shape index (κ1) is 11.9. The first-order chi connectivity index (χ1) is 8.74. The zero-order valence-electron chi connectivity index (χ0n) is 10.3. The Bertz CT molecular complexity index is 469. The number of hydrogen-bond acceptors (Lipinski definition) is 3. The van der Waals surface area contributed by atoms with E-state index in [4.69, 9.17) is 0 Å². The molecule has 1 aromatic rings. The molecule has 18 heavy (non-hydrogen) atoms. The van der Waals surface area contributed by atoms with E-state index in [2.05, 4.69) is 0 Å². The van der Waals surface area contributed by atoms with Crippen LogP contribution in [0.15, 0.2) is 18.2 Å². The number of rotatable bonds is 1. The summed E-state index contributed by atoms with van der Waals surface area (Å²) in [5.74, 6) is 1.69. The average Bonchev–Trinajstić information content (AvgIpc) is 2.90. The summed E-state index contributed by atoms with van der Waals surface area (Å²) in [5, 5.41) is 9.69. The largest absolute Gasteiger partial charge is 0.508 e. The fourth-order valence-corrected chi connectivity index (χ4v) is 3.95. The summed E-state index contributed by atoms with van der Waals surface area (Å²) < 4.78 is 0. The number of fused-ring (bicyclic) bond motifs is 1. The zero-order valence-corrected chi connectivity index (χ0v) is 11.1. The highest BCUT2D eigenvalue weighted by molar-refractivity contribution is 8.00. The van der Waals surface area contributed by atoms with Crippen molar-refractivity contribution in [3.05, 3.63) is 29.3 Å². The second kappa shape index (κ2) is 4.84. The first-order valence-electron chi connectivity index (χ1n) is 6.45. The third-order valence-corrected chi connectivity index (χ3v) is 5.08. The van der Waals surface area contributed by atoms with Crippen LogP contribution in [0.5, 0.6) is 5.75 Å². The topological polar surface area (TPSA) is 40.5 Å². The highest BCUT2D eigenvalue weighted by Gasteiger charge is 2.29. The molecule has 0 bridgehead atoms. The second-order valence-electron chi connectivity index (χ2n) is 4.96. The molecule has 4 heteroatoms. The lowest BCUT2D eigenvalue weighted by molar-refractivity contribution is -0.131. The van der Waals surface area contributed by atoms with Crippen LogP contribution in [0.1, 0.15) is 24.0 Å². The quantitative estimate of drug-likeness (QED) is 0.844. The van der Waals surface area contributed by atoms with Crippen molar-refractivity contribution in [2.45, 2.75) is 31.1 Å². The van der Waals surface area contributed by atoms with Crippen LogP contribution < -0.4 is 0 Å². The van der Waals surface area contributed by atoms with Gasteiger partial charge in [-0.1, -0.05) is 6.07 Å². The Morgan fingerprint density at radius 3 is 3.06 bits per heavy atom. The summed E-state index contributed by atoms with van der Waals surface area (Å²) in [6.07, 6.45) is 3.08. The maximum absolute atomic E-state index is 12.3. The van der Waals surface area contributed by atoms with Crippen molar-refractivity contribution in [2.75, 3.05) is 12.3 Å². The summed E-state index contributed by atoms with van der Waals surface area (Å²) in [7, 11) is 0. The van der Waals surface area contributed by atoms with E-state index in [9.17, 15) is 9.90 Å². The van der Waals surface area contributed by atoms with E-state index in [-0.39, 0.29) is 11.2 Å². The van der Waals surface area contributed by atoms with E-state index in [1.165, 1.54) is 5.56 Å². The Hall–Kier alpha value is -1.16. The van der Waals surface area contributed by atoms with Crippen LogP contribution in [0.3, 0.4) is 0 Å². The number of nitrogens with zero attached hydrogens (tertiary/aromatic N) is 1. The van der Waals surface area contributed by atoms with Gasteiger partial charge >= 0.3 is 0 Å². The van der Waals surface area contributed by atoms with Crippen LogP contribution in [0.4, 0.5) is 0 Å². The fourth-order valence-electron chi connectivity index (χ4n) is 2.71. The molecule has 0 spiro atoms. The second-order valence-corrected chi connectivity index (χ2v) is 6.28. The van der Waals surface area contributed by atoms with Crippen LogP contribution in [-0.2, 0) is 17.8 Å². The smallest absolute Gasteiger partial charge is 0.235 e. The lowest BCUT2D eigenvalue weighted by Crippen LogP contribution is -2.40. The van der Waals surface area contributed by atoms with Gasteiger partial charge in [-0.05, 0) is 48.3 Å². The van der Waals surface area contributed by atoms with Gasteiger partial charge in [0.1, 0.15) is 5.75 Å². The van der Waals surface area contributed by atoms with E-state index in [0.29, 0.717) is 12.3 Å². The Labute approximate surface area is 111 Å². The Kier molecular flexibility index (Phi) is 3.20. The van der Waals surface area contributed by atoms with Gasteiger partial charge in [0.25, 0.3) is 0 Å². The van der Waals surface area contributed by atoms with E-state index < -0.39 is 0 Å². The van der Waals surface area contributed by atoms with Crippen LogP contribution >= 0.6 is 11.8 Å². The van der Waals surface area contributed by atoms with Crippen molar-refractivity contribution in [3.8, 4) is 5.75 Å². The molecule has 1 fully saturated rings. The Morgan fingerprint density at radius 1 is 1.39 bits per heavy atom. The molecule has 1 aromatic carbocycles. The van der Waals surface area contributed by atoms with Crippen molar-refractivity contribution in [1.82, 2.24) is 4.90 Å². The summed E-state index contributed by atoms with van der Waals surface area (Å²) in [6, 6.07) is 5.48. The minimum absolute atomic E-state index is 0.170. The van der Waals surface area contributed by atoms with Crippen LogP contribution in [0, 0.1) is 0 Å². The lowest BCUT2D eigenvalue weighted by Gasteiger charge is -2.30. The molecular formula is C14H17NO2S. The molecule has 2 heterocycles. The summed E-state index contributed by atoms with van der Waals surface area (Å²) in [4.78, 5) is 14.3. The molecule has 96 valence electrons. The maximum atomic E-state index is 12.3. The van der Waals surface area contributed by atoms with Gasteiger partial charge in [-0.3, -0.25) is 4.79 Å². The molecule has 3 nitrogen and oxygen atoms in total. The van der Waals surface area contributed by atoms with Crippen molar-refractivity contribution in [2.24, 2.45) is 0 Å². The lowest BCUT2D eigenvalue weighted by atomic mass is 9.99. The number of amides is 1. The van der Waals surface area contributed by atoms with Crippen molar-refractivity contribution in [1.29, 1.82) is 0 Å². The molecule has 2 aliphatic rings. The fraction of sp³-hybridized carbons (Fsp3) is 0.500. The third-order valence-electron chi connectivity index (χ3n) is 3.72. The molecule has 1 N–H and O–H groups in total.